The molecular weight excluding hydrogens is 687 g/mol. The van der Waals surface area contributed by atoms with Gasteiger partial charge in [-0.3, -0.25) is 0 Å². The molecule has 0 fully saturated rings. The summed E-state index contributed by atoms with van der Waals surface area (Å²) in [6.07, 6.45) is 0. The number of hydrogen-bond donors (Lipinski definition) is 0. The van der Waals surface area contributed by atoms with E-state index in [0.717, 1.165) is 28.2 Å². The molecule has 0 saturated carbocycles. The zero-order chi connectivity index (χ0) is 38.0. The number of nitrogens with zero attached hydrogens (tertiary/aromatic N) is 1. The third kappa shape index (κ3) is 6.26. The van der Waals surface area contributed by atoms with Crippen LogP contribution in [0.1, 0.15) is 0 Å². The average Bonchev–Trinajstić information content (AvgIpc) is 3.30. The van der Waals surface area contributed by atoms with Crippen molar-refractivity contribution in [2.45, 2.75) is 0 Å². The Morgan fingerprint density at radius 1 is 0.211 bits per heavy atom. The Morgan fingerprint density at radius 2 is 0.544 bits per heavy atom. The molecule has 10 aromatic rings. The summed E-state index contributed by atoms with van der Waals surface area (Å²) < 4.78 is 0. The van der Waals surface area contributed by atoms with Crippen LogP contribution in [0.4, 0.5) is 17.1 Å². The van der Waals surface area contributed by atoms with Gasteiger partial charge in [-0.25, -0.2) is 0 Å². The van der Waals surface area contributed by atoms with E-state index in [4.69, 9.17) is 0 Å². The Hall–Kier alpha value is -7.48. The molecule has 0 heterocycles. The van der Waals surface area contributed by atoms with Gasteiger partial charge in [0.15, 0.2) is 0 Å². The van der Waals surface area contributed by atoms with E-state index in [0.29, 0.717) is 0 Å². The summed E-state index contributed by atoms with van der Waals surface area (Å²) in [5, 5.41) is 4.98. The minimum Gasteiger partial charge on any atom is -0.309 e. The molecule has 0 atom stereocenters. The van der Waals surface area contributed by atoms with Gasteiger partial charge < -0.3 is 4.90 Å². The monoisotopic (exact) mass is 725 g/mol. The summed E-state index contributed by atoms with van der Waals surface area (Å²) in [5.74, 6) is 0. The highest BCUT2D eigenvalue weighted by Crippen LogP contribution is 2.49. The van der Waals surface area contributed by atoms with Crippen LogP contribution in [0.25, 0.3) is 77.2 Å². The lowest BCUT2D eigenvalue weighted by atomic mass is 9.84. The van der Waals surface area contributed by atoms with Crippen molar-refractivity contribution in [1.29, 1.82) is 0 Å². The van der Waals surface area contributed by atoms with Crippen LogP contribution in [0, 0.1) is 0 Å². The van der Waals surface area contributed by atoms with Gasteiger partial charge in [-0.05, 0) is 84.8 Å². The Morgan fingerprint density at radius 3 is 1.02 bits per heavy atom. The van der Waals surface area contributed by atoms with E-state index in [1.165, 1.54) is 66.1 Å². The summed E-state index contributed by atoms with van der Waals surface area (Å²) >= 11 is 0. The molecule has 0 aromatic heterocycles. The van der Waals surface area contributed by atoms with Gasteiger partial charge in [0.25, 0.3) is 0 Å². The van der Waals surface area contributed by atoms with Crippen molar-refractivity contribution in [2.24, 2.45) is 0 Å². The highest BCUT2D eigenvalue weighted by molar-refractivity contribution is 6.22. The molecule has 0 saturated heterocycles. The van der Waals surface area contributed by atoms with Gasteiger partial charge in [0.05, 0.1) is 17.1 Å². The highest BCUT2D eigenvalue weighted by Gasteiger charge is 2.24. The lowest BCUT2D eigenvalue weighted by molar-refractivity contribution is 1.28. The van der Waals surface area contributed by atoms with Gasteiger partial charge in [-0.1, -0.05) is 212 Å². The molecule has 1 heteroatoms. The highest BCUT2D eigenvalue weighted by atomic mass is 15.1. The van der Waals surface area contributed by atoms with E-state index in [1.807, 2.05) is 0 Å². The van der Waals surface area contributed by atoms with E-state index in [1.54, 1.807) is 0 Å². The fourth-order valence-corrected chi connectivity index (χ4v) is 8.53. The fraction of sp³-hybridized carbons (Fsp3) is 0. The molecule has 0 amide bonds. The third-order valence-electron chi connectivity index (χ3n) is 11.1. The van der Waals surface area contributed by atoms with Crippen molar-refractivity contribution in [3.8, 4) is 55.6 Å². The first kappa shape index (κ1) is 34.0. The maximum atomic E-state index is 2.47. The smallest absolute Gasteiger partial charge is 0.0540 e. The van der Waals surface area contributed by atoms with Gasteiger partial charge in [0.2, 0.25) is 0 Å². The second kappa shape index (κ2) is 15.0. The lowest BCUT2D eigenvalue weighted by Gasteiger charge is -2.31. The van der Waals surface area contributed by atoms with Crippen LogP contribution in [0.3, 0.4) is 0 Å². The van der Waals surface area contributed by atoms with E-state index < -0.39 is 0 Å². The first-order valence-corrected chi connectivity index (χ1v) is 19.6. The van der Waals surface area contributed by atoms with Crippen LogP contribution in [0.5, 0.6) is 0 Å². The van der Waals surface area contributed by atoms with E-state index in [-0.39, 0.29) is 0 Å². The van der Waals surface area contributed by atoms with Crippen LogP contribution in [-0.2, 0) is 0 Å². The van der Waals surface area contributed by atoms with Crippen molar-refractivity contribution >= 4 is 38.6 Å². The molecular formula is C56H39N. The van der Waals surface area contributed by atoms with Crippen molar-refractivity contribution in [3.05, 3.63) is 237 Å². The van der Waals surface area contributed by atoms with Gasteiger partial charge in [-0.15, -0.1) is 0 Å². The van der Waals surface area contributed by atoms with Crippen molar-refractivity contribution < 1.29 is 0 Å². The van der Waals surface area contributed by atoms with Crippen molar-refractivity contribution in [1.82, 2.24) is 0 Å². The quantitative estimate of drug-likeness (QED) is 0.141. The Kier molecular flexibility index (Phi) is 8.95. The fourth-order valence-electron chi connectivity index (χ4n) is 8.53. The maximum Gasteiger partial charge on any atom is 0.0540 e. The number of benzene rings is 10. The van der Waals surface area contributed by atoms with Crippen LogP contribution >= 0.6 is 0 Å². The average molecular weight is 726 g/mol. The number of hydrogen-bond acceptors (Lipinski definition) is 1. The molecule has 0 unspecified atom stereocenters. The molecule has 10 rings (SSSR count). The van der Waals surface area contributed by atoms with Crippen LogP contribution in [0.15, 0.2) is 237 Å². The van der Waals surface area contributed by atoms with E-state index >= 15 is 0 Å². The van der Waals surface area contributed by atoms with Crippen LogP contribution in [-0.4, -0.2) is 0 Å². The summed E-state index contributed by atoms with van der Waals surface area (Å²) in [7, 11) is 0. The van der Waals surface area contributed by atoms with Crippen molar-refractivity contribution in [3.63, 3.8) is 0 Å². The minimum atomic E-state index is 1.11. The molecule has 0 spiro atoms. The normalized spacial score (nSPS) is 11.2. The topological polar surface area (TPSA) is 3.24 Å². The molecule has 0 radical (unpaired) electrons. The molecule has 1 nitrogen and oxygen atoms in total. The molecule has 57 heavy (non-hydrogen) atoms. The Labute approximate surface area is 334 Å². The van der Waals surface area contributed by atoms with Gasteiger partial charge in [0.1, 0.15) is 0 Å². The number of anilines is 3. The summed E-state index contributed by atoms with van der Waals surface area (Å²) in [5.41, 5.74) is 15.2. The van der Waals surface area contributed by atoms with E-state index in [9.17, 15) is 0 Å². The van der Waals surface area contributed by atoms with E-state index in [2.05, 4.69) is 241 Å². The molecule has 10 aromatic carbocycles. The van der Waals surface area contributed by atoms with Crippen LogP contribution in [0.2, 0.25) is 0 Å². The standard InChI is InChI=1S/C56H39N/c1-5-21-40(22-6-1)45-29-15-18-34-52(45)57(53-35-19-16-30-46(53)41-23-7-2-8-24-41)54-36-20-17-31-47(54)44-37-38-49-48-32-13-14-33-50(48)55(42-25-9-3-10-26-42)56(51(49)39-44)43-27-11-4-12-28-43/h1-39H. The maximum absolute atomic E-state index is 2.47. The van der Waals surface area contributed by atoms with Gasteiger partial charge >= 0.3 is 0 Å². The number of rotatable bonds is 8. The predicted molar refractivity (Wildman–Crippen MR) is 243 cm³/mol. The number of para-hydroxylation sites is 3. The molecule has 268 valence electrons. The molecule has 0 aliphatic carbocycles. The van der Waals surface area contributed by atoms with Gasteiger partial charge in [-0.2, -0.15) is 0 Å². The molecule has 0 bridgehead atoms. The minimum absolute atomic E-state index is 1.11. The third-order valence-corrected chi connectivity index (χ3v) is 11.1. The first-order valence-electron chi connectivity index (χ1n) is 19.6. The zero-order valence-electron chi connectivity index (χ0n) is 31.5. The van der Waals surface area contributed by atoms with Crippen molar-refractivity contribution in [2.75, 3.05) is 4.90 Å². The van der Waals surface area contributed by atoms with Gasteiger partial charge in [0, 0.05) is 16.7 Å². The Bertz CT molecular complexity index is 2910. The second-order valence-corrected chi connectivity index (χ2v) is 14.4. The largest absolute Gasteiger partial charge is 0.309 e. The Balaban J connectivity index is 1.27. The summed E-state index contributed by atoms with van der Waals surface area (Å²) in [6, 6.07) is 85.7. The molecule has 0 aliphatic heterocycles. The second-order valence-electron chi connectivity index (χ2n) is 14.4. The zero-order valence-corrected chi connectivity index (χ0v) is 31.5. The number of fused-ring (bicyclic) bond motifs is 3. The summed E-state index contributed by atoms with van der Waals surface area (Å²) in [6.45, 7) is 0. The molecule has 0 aliphatic rings. The van der Waals surface area contributed by atoms with Crippen LogP contribution < -0.4 is 4.90 Å². The SMILES string of the molecule is c1ccc(-c2ccccc2N(c2ccccc2-c2ccccc2)c2ccccc2-c2ccc3c(c2)c(-c2ccccc2)c(-c2ccccc2)c2ccccc23)cc1. The predicted octanol–water partition coefficient (Wildman–Crippen LogP) is 15.8. The first-order chi connectivity index (χ1) is 28.3. The molecule has 0 N–H and O–H groups in total. The summed E-state index contributed by atoms with van der Waals surface area (Å²) in [4.78, 5) is 2.47. The lowest BCUT2D eigenvalue weighted by Crippen LogP contribution is -2.13.